The topological polar surface area (TPSA) is 122 Å². The number of aromatic nitrogens is 2. The molecule has 4 rings (SSSR count). The lowest BCUT2D eigenvalue weighted by Crippen LogP contribution is -2.40. The van der Waals surface area contributed by atoms with Gasteiger partial charge in [0.25, 0.3) is 0 Å². The highest BCUT2D eigenvalue weighted by molar-refractivity contribution is 5.71. The molecule has 1 atom stereocenters. The van der Waals surface area contributed by atoms with Gasteiger partial charge in [-0.1, -0.05) is 6.07 Å². The lowest BCUT2D eigenvalue weighted by molar-refractivity contribution is 0.211. The number of carbonyl (C=O) groups excluding carboxylic acids is 1. The maximum atomic E-state index is 10.8. The van der Waals surface area contributed by atoms with Gasteiger partial charge in [-0.05, 0) is 43.9 Å². The SMILES string of the molecule is CC(COc1cnc(-c2ccc(Oc3cccc(OCC4CC4)c3)nc2)o1)NC(N)=O. The molecule has 0 saturated heterocycles. The first kappa shape index (κ1) is 20.5. The average Bonchev–Trinajstić information content (AvgIpc) is 3.47. The van der Waals surface area contributed by atoms with E-state index in [4.69, 9.17) is 24.4 Å². The van der Waals surface area contributed by atoms with Crippen LogP contribution in [-0.2, 0) is 0 Å². The van der Waals surface area contributed by atoms with Crippen molar-refractivity contribution in [1.29, 1.82) is 0 Å². The average molecular weight is 424 g/mol. The Balaban J connectivity index is 1.32. The molecule has 2 heterocycles. The minimum absolute atomic E-state index is 0.200. The smallest absolute Gasteiger partial charge is 0.312 e. The van der Waals surface area contributed by atoms with Crippen LogP contribution in [0.3, 0.4) is 0 Å². The van der Waals surface area contributed by atoms with Crippen LogP contribution < -0.4 is 25.3 Å². The van der Waals surface area contributed by atoms with E-state index >= 15 is 0 Å². The van der Waals surface area contributed by atoms with Crippen LogP contribution in [0.2, 0.25) is 0 Å². The first-order chi connectivity index (χ1) is 15.0. The third-order valence-corrected chi connectivity index (χ3v) is 4.54. The molecule has 31 heavy (non-hydrogen) atoms. The summed E-state index contributed by atoms with van der Waals surface area (Å²) in [6.45, 7) is 2.71. The molecule has 3 N–H and O–H groups in total. The molecule has 1 aromatic carbocycles. The summed E-state index contributed by atoms with van der Waals surface area (Å²) in [7, 11) is 0. The second kappa shape index (κ2) is 9.38. The van der Waals surface area contributed by atoms with Crippen LogP contribution in [0.25, 0.3) is 11.5 Å². The fourth-order valence-corrected chi connectivity index (χ4v) is 2.77. The molecule has 1 aliphatic carbocycles. The molecule has 0 spiro atoms. The monoisotopic (exact) mass is 424 g/mol. The summed E-state index contributed by atoms with van der Waals surface area (Å²) in [6.07, 6.45) is 5.56. The van der Waals surface area contributed by atoms with Crippen molar-refractivity contribution in [2.45, 2.75) is 25.8 Å². The van der Waals surface area contributed by atoms with Crippen LogP contribution in [0.5, 0.6) is 23.3 Å². The molecule has 0 aliphatic heterocycles. The van der Waals surface area contributed by atoms with Gasteiger partial charge in [-0.25, -0.2) is 14.8 Å². The second-order valence-corrected chi connectivity index (χ2v) is 7.42. The lowest BCUT2D eigenvalue weighted by atomic mass is 10.3. The van der Waals surface area contributed by atoms with Gasteiger partial charge in [0.1, 0.15) is 24.3 Å². The number of hydrogen-bond acceptors (Lipinski definition) is 7. The number of urea groups is 1. The molecule has 1 aliphatic rings. The van der Waals surface area contributed by atoms with Gasteiger partial charge in [-0.2, -0.15) is 0 Å². The highest BCUT2D eigenvalue weighted by atomic mass is 16.6. The largest absolute Gasteiger partial charge is 0.493 e. The van der Waals surface area contributed by atoms with E-state index in [0.29, 0.717) is 29.0 Å². The number of nitrogens with zero attached hydrogens (tertiary/aromatic N) is 2. The van der Waals surface area contributed by atoms with Crippen molar-refractivity contribution in [2.75, 3.05) is 13.2 Å². The van der Waals surface area contributed by atoms with Gasteiger partial charge in [0.05, 0.1) is 18.2 Å². The quantitative estimate of drug-likeness (QED) is 0.508. The third kappa shape index (κ3) is 6.11. The molecule has 3 aromatic rings. The predicted octanol–water partition coefficient (Wildman–Crippen LogP) is 3.75. The molecule has 162 valence electrons. The Kier molecular flexibility index (Phi) is 6.21. The zero-order valence-electron chi connectivity index (χ0n) is 17.1. The van der Waals surface area contributed by atoms with Crippen LogP contribution in [0.1, 0.15) is 19.8 Å². The number of rotatable bonds is 10. The number of hydrogen-bond donors (Lipinski definition) is 2. The first-order valence-electron chi connectivity index (χ1n) is 10.1. The molecular formula is C22H24N4O5. The first-order valence-corrected chi connectivity index (χ1v) is 10.1. The van der Waals surface area contributed by atoms with Gasteiger partial charge in [0, 0.05) is 18.3 Å². The summed E-state index contributed by atoms with van der Waals surface area (Å²) in [5.74, 6) is 3.16. The highest BCUT2D eigenvalue weighted by Crippen LogP contribution is 2.31. The van der Waals surface area contributed by atoms with Crippen molar-refractivity contribution in [3.05, 3.63) is 48.8 Å². The van der Waals surface area contributed by atoms with Crippen molar-refractivity contribution < 1.29 is 23.4 Å². The Morgan fingerprint density at radius 1 is 1.19 bits per heavy atom. The van der Waals surface area contributed by atoms with E-state index in [1.807, 2.05) is 24.3 Å². The van der Waals surface area contributed by atoms with Gasteiger partial charge in [-0.15, -0.1) is 0 Å². The summed E-state index contributed by atoms with van der Waals surface area (Å²) in [6, 6.07) is 10.2. The Bertz CT molecular complexity index is 1020. The van der Waals surface area contributed by atoms with Crippen molar-refractivity contribution in [1.82, 2.24) is 15.3 Å². The van der Waals surface area contributed by atoms with E-state index in [-0.39, 0.29) is 18.6 Å². The van der Waals surface area contributed by atoms with E-state index in [9.17, 15) is 4.79 Å². The third-order valence-electron chi connectivity index (χ3n) is 4.54. The van der Waals surface area contributed by atoms with Gasteiger partial charge in [0.2, 0.25) is 11.8 Å². The van der Waals surface area contributed by atoms with E-state index in [1.165, 1.54) is 19.0 Å². The zero-order valence-corrected chi connectivity index (χ0v) is 17.1. The maximum Gasteiger partial charge on any atom is 0.312 e. The molecular weight excluding hydrogens is 400 g/mol. The molecule has 1 unspecified atom stereocenters. The lowest BCUT2D eigenvalue weighted by Gasteiger charge is -2.11. The normalized spacial score (nSPS) is 14.0. The molecule has 2 amide bonds. The number of primary amides is 1. The number of amides is 2. The number of carbonyl (C=O) groups is 1. The van der Waals surface area contributed by atoms with E-state index in [1.54, 1.807) is 25.3 Å². The number of ether oxygens (including phenoxy) is 3. The number of nitrogens with one attached hydrogen (secondary N) is 1. The molecule has 1 saturated carbocycles. The summed E-state index contributed by atoms with van der Waals surface area (Å²) in [5.41, 5.74) is 5.75. The Labute approximate surface area is 179 Å². The Morgan fingerprint density at radius 2 is 2.03 bits per heavy atom. The van der Waals surface area contributed by atoms with Crippen LogP contribution in [0.15, 0.2) is 53.2 Å². The van der Waals surface area contributed by atoms with E-state index < -0.39 is 6.03 Å². The van der Waals surface area contributed by atoms with Crippen molar-refractivity contribution in [3.63, 3.8) is 0 Å². The minimum Gasteiger partial charge on any atom is -0.493 e. The van der Waals surface area contributed by atoms with Crippen LogP contribution in [0, 0.1) is 5.92 Å². The van der Waals surface area contributed by atoms with Gasteiger partial charge in [0.15, 0.2) is 0 Å². The molecule has 9 heteroatoms. The predicted molar refractivity (Wildman–Crippen MR) is 112 cm³/mol. The number of nitrogens with two attached hydrogens (primary N) is 1. The van der Waals surface area contributed by atoms with Crippen LogP contribution >= 0.6 is 0 Å². The highest BCUT2D eigenvalue weighted by Gasteiger charge is 2.22. The fraction of sp³-hybridized carbons (Fsp3) is 0.318. The molecule has 0 radical (unpaired) electrons. The van der Waals surface area contributed by atoms with Gasteiger partial charge < -0.3 is 29.7 Å². The van der Waals surface area contributed by atoms with E-state index in [2.05, 4.69) is 15.3 Å². The summed E-state index contributed by atoms with van der Waals surface area (Å²) < 4.78 is 22.6. The molecule has 0 bridgehead atoms. The van der Waals surface area contributed by atoms with Crippen LogP contribution in [-0.4, -0.2) is 35.3 Å². The van der Waals surface area contributed by atoms with Crippen molar-refractivity contribution in [3.8, 4) is 34.8 Å². The van der Waals surface area contributed by atoms with Crippen LogP contribution in [0.4, 0.5) is 4.79 Å². The zero-order chi connectivity index (χ0) is 21.6. The standard InChI is InChI=1S/C22H24N4O5/c1-14(26-22(23)27)12-29-20-11-25-21(31-20)16-7-8-19(24-10-16)30-18-4-2-3-17(9-18)28-13-15-5-6-15/h2-4,7-11,14-15H,5-6,12-13H2,1H3,(H3,23,26,27). The maximum absolute atomic E-state index is 10.8. The minimum atomic E-state index is -0.611. The molecule has 1 fully saturated rings. The van der Waals surface area contributed by atoms with Gasteiger partial charge >= 0.3 is 12.0 Å². The van der Waals surface area contributed by atoms with Gasteiger partial charge in [-0.3, -0.25) is 0 Å². The number of benzene rings is 1. The summed E-state index contributed by atoms with van der Waals surface area (Å²) in [4.78, 5) is 19.3. The Hall–Kier alpha value is -3.75. The summed E-state index contributed by atoms with van der Waals surface area (Å²) in [5, 5.41) is 2.52. The van der Waals surface area contributed by atoms with Crippen molar-refractivity contribution in [2.24, 2.45) is 11.7 Å². The molecule has 9 nitrogen and oxygen atoms in total. The number of oxazole rings is 1. The Morgan fingerprint density at radius 3 is 2.77 bits per heavy atom. The van der Waals surface area contributed by atoms with E-state index in [0.717, 1.165) is 12.4 Å². The summed E-state index contributed by atoms with van der Waals surface area (Å²) >= 11 is 0. The molecule has 2 aromatic heterocycles. The van der Waals surface area contributed by atoms with Crippen molar-refractivity contribution >= 4 is 6.03 Å². The second-order valence-electron chi connectivity index (χ2n) is 7.42. The fourth-order valence-electron chi connectivity index (χ4n) is 2.77. The number of pyridine rings is 1.